The lowest BCUT2D eigenvalue weighted by Crippen LogP contribution is -2.50. The lowest BCUT2D eigenvalue weighted by atomic mass is 10.1. The number of rotatable bonds is 3. The smallest absolute Gasteiger partial charge is 0.242 e. The van der Waals surface area contributed by atoms with Crippen molar-refractivity contribution >= 4 is 22.8 Å². The van der Waals surface area contributed by atoms with Crippen LogP contribution < -0.4 is 10.6 Å². The van der Waals surface area contributed by atoms with Gasteiger partial charge >= 0.3 is 0 Å². The molecule has 4 nitrogen and oxygen atoms in total. The molecule has 1 amide bonds. The minimum Gasteiger partial charge on any atom is -0.353 e. The van der Waals surface area contributed by atoms with Gasteiger partial charge in [0.05, 0.1) is 6.04 Å². The van der Waals surface area contributed by atoms with Gasteiger partial charge in [0.15, 0.2) is 5.17 Å². The normalized spacial score (nSPS) is 19.8. The van der Waals surface area contributed by atoms with Crippen molar-refractivity contribution in [2.24, 2.45) is 4.99 Å². The fraction of sp³-hybridized carbons (Fsp3) is 0.500. The minimum absolute atomic E-state index is 0.00559. The molecule has 0 saturated heterocycles. The molecule has 114 valence electrons. The highest BCUT2D eigenvalue weighted by Crippen LogP contribution is 2.29. The standard InChI is InChI=1S/C16H23N3OS/c1-11(14(20)19-16(2,3)4)17-15-18-13(10-21-15)12-8-6-5-7-9-12/h5-9,11,13H,10H2,1-4H3,(H,17,18)(H,19,20). The molecule has 0 radical (unpaired) electrons. The number of aliphatic imine (C=N–C) groups is 1. The second-order valence-corrected chi connectivity index (χ2v) is 7.29. The molecule has 0 saturated carbocycles. The van der Waals surface area contributed by atoms with E-state index in [0.29, 0.717) is 0 Å². The maximum Gasteiger partial charge on any atom is 0.242 e. The molecule has 0 aliphatic carbocycles. The van der Waals surface area contributed by atoms with E-state index in [9.17, 15) is 4.79 Å². The van der Waals surface area contributed by atoms with Crippen LogP contribution in [-0.4, -0.2) is 28.4 Å². The summed E-state index contributed by atoms with van der Waals surface area (Å²) in [5, 5.41) is 7.02. The second kappa shape index (κ2) is 6.52. The lowest BCUT2D eigenvalue weighted by Gasteiger charge is -2.23. The molecule has 0 aromatic heterocycles. The van der Waals surface area contributed by atoms with Crippen molar-refractivity contribution < 1.29 is 4.79 Å². The Bertz CT molecular complexity index is 522. The number of hydrogen-bond donors (Lipinski definition) is 2. The van der Waals surface area contributed by atoms with E-state index < -0.39 is 0 Å². The van der Waals surface area contributed by atoms with Gasteiger partial charge in [0, 0.05) is 11.3 Å². The molecule has 1 aromatic carbocycles. The number of amidine groups is 1. The molecule has 1 heterocycles. The van der Waals surface area contributed by atoms with Crippen LogP contribution in [0.3, 0.4) is 0 Å². The van der Waals surface area contributed by atoms with E-state index in [4.69, 9.17) is 0 Å². The highest BCUT2D eigenvalue weighted by atomic mass is 32.2. The molecular weight excluding hydrogens is 282 g/mol. The number of nitrogens with zero attached hydrogens (tertiary/aromatic N) is 1. The summed E-state index contributed by atoms with van der Waals surface area (Å²) in [5.74, 6) is 0.911. The van der Waals surface area contributed by atoms with Crippen molar-refractivity contribution in [2.75, 3.05) is 5.75 Å². The molecule has 0 fully saturated rings. The number of carbonyl (C=O) groups is 1. The first-order valence-electron chi connectivity index (χ1n) is 7.19. The molecule has 2 unspecified atom stereocenters. The minimum atomic E-state index is -0.287. The number of hydrogen-bond acceptors (Lipinski definition) is 4. The van der Waals surface area contributed by atoms with Crippen molar-refractivity contribution in [2.45, 2.75) is 45.3 Å². The quantitative estimate of drug-likeness (QED) is 0.903. The van der Waals surface area contributed by atoms with E-state index in [1.807, 2.05) is 45.9 Å². The molecular formula is C16H23N3OS. The van der Waals surface area contributed by atoms with Gasteiger partial charge in [0.1, 0.15) is 6.04 Å². The van der Waals surface area contributed by atoms with Gasteiger partial charge in [0.2, 0.25) is 5.91 Å². The van der Waals surface area contributed by atoms with Crippen LogP contribution in [0.4, 0.5) is 0 Å². The van der Waals surface area contributed by atoms with Crippen molar-refractivity contribution in [3.8, 4) is 0 Å². The molecule has 1 aromatic rings. The monoisotopic (exact) mass is 305 g/mol. The Morgan fingerprint density at radius 2 is 2.00 bits per heavy atom. The Kier molecular flexibility index (Phi) is 4.93. The first kappa shape index (κ1) is 15.9. The highest BCUT2D eigenvalue weighted by molar-refractivity contribution is 8.14. The van der Waals surface area contributed by atoms with Gasteiger partial charge in [-0.25, -0.2) is 0 Å². The molecule has 21 heavy (non-hydrogen) atoms. The molecule has 5 heteroatoms. The lowest BCUT2D eigenvalue weighted by molar-refractivity contribution is -0.123. The van der Waals surface area contributed by atoms with Crippen molar-refractivity contribution in [3.63, 3.8) is 0 Å². The van der Waals surface area contributed by atoms with Gasteiger partial charge in [0.25, 0.3) is 0 Å². The van der Waals surface area contributed by atoms with Gasteiger partial charge < -0.3 is 10.6 Å². The number of benzene rings is 1. The SMILES string of the molecule is CC(NC1=NC(c2ccccc2)CS1)C(=O)NC(C)(C)C. The summed E-state index contributed by atoms with van der Waals surface area (Å²) in [6.07, 6.45) is 0. The summed E-state index contributed by atoms with van der Waals surface area (Å²) in [4.78, 5) is 16.7. The van der Waals surface area contributed by atoms with Crippen LogP contribution in [0.25, 0.3) is 0 Å². The van der Waals surface area contributed by atoms with E-state index in [1.165, 1.54) is 5.56 Å². The zero-order chi connectivity index (χ0) is 15.5. The molecule has 0 spiro atoms. The molecule has 1 aliphatic heterocycles. The summed E-state index contributed by atoms with van der Waals surface area (Å²) < 4.78 is 0. The van der Waals surface area contributed by atoms with Crippen LogP contribution in [0.2, 0.25) is 0 Å². The Hall–Kier alpha value is -1.49. The van der Waals surface area contributed by atoms with Crippen LogP contribution in [0.5, 0.6) is 0 Å². The molecule has 2 rings (SSSR count). The first-order valence-corrected chi connectivity index (χ1v) is 8.18. The van der Waals surface area contributed by atoms with E-state index in [1.54, 1.807) is 11.8 Å². The third kappa shape index (κ3) is 4.77. The fourth-order valence-electron chi connectivity index (χ4n) is 2.03. The maximum absolute atomic E-state index is 12.1. The van der Waals surface area contributed by atoms with Gasteiger partial charge in [-0.15, -0.1) is 0 Å². The fourth-order valence-corrected chi connectivity index (χ4v) is 3.07. The van der Waals surface area contributed by atoms with Crippen molar-refractivity contribution in [1.29, 1.82) is 0 Å². The Morgan fingerprint density at radius 1 is 1.33 bits per heavy atom. The van der Waals surface area contributed by atoms with Gasteiger partial charge in [-0.05, 0) is 33.3 Å². The molecule has 2 N–H and O–H groups in total. The average Bonchev–Trinajstić information content (AvgIpc) is 2.86. The van der Waals surface area contributed by atoms with Crippen LogP contribution in [-0.2, 0) is 4.79 Å². The van der Waals surface area contributed by atoms with E-state index in [-0.39, 0.29) is 23.5 Å². The van der Waals surface area contributed by atoms with Crippen LogP contribution >= 0.6 is 11.8 Å². The largest absolute Gasteiger partial charge is 0.353 e. The average molecular weight is 305 g/mol. The molecule has 0 bridgehead atoms. The van der Waals surface area contributed by atoms with Gasteiger partial charge in [-0.2, -0.15) is 0 Å². The van der Waals surface area contributed by atoms with E-state index >= 15 is 0 Å². The van der Waals surface area contributed by atoms with Crippen molar-refractivity contribution in [3.05, 3.63) is 35.9 Å². The third-order valence-corrected chi connectivity index (χ3v) is 4.05. The number of amides is 1. The van der Waals surface area contributed by atoms with Crippen molar-refractivity contribution in [1.82, 2.24) is 10.6 Å². The summed E-state index contributed by atoms with van der Waals surface area (Å²) in [5.41, 5.74) is 0.998. The second-order valence-electron chi connectivity index (χ2n) is 6.28. The Balaban J connectivity index is 1.93. The summed E-state index contributed by atoms with van der Waals surface area (Å²) in [7, 11) is 0. The topological polar surface area (TPSA) is 53.5 Å². The molecule has 2 atom stereocenters. The van der Waals surface area contributed by atoms with Crippen LogP contribution in [0.1, 0.15) is 39.3 Å². The van der Waals surface area contributed by atoms with E-state index in [2.05, 4.69) is 27.8 Å². The van der Waals surface area contributed by atoms with E-state index in [0.717, 1.165) is 10.9 Å². The first-order chi connectivity index (χ1) is 9.85. The van der Waals surface area contributed by atoms with Crippen LogP contribution in [0, 0.1) is 0 Å². The zero-order valence-corrected chi connectivity index (χ0v) is 13.8. The van der Waals surface area contributed by atoms with Gasteiger partial charge in [-0.3, -0.25) is 9.79 Å². The Morgan fingerprint density at radius 3 is 2.62 bits per heavy atom. The van der Waals surface area contributed by atoms with Gasteiger partial charge in [-0.1, -0.05) is 42.1 Å². The zero-order valence-electron chi connectivity index (χ0n) is 13.0. The predicted molar refractivity (Wildman–Crippen MR) is 89.6 cm³/mol. The number of thioether (sulfide) groups is 1. The summed E-state index contributed by atoms with van der Waals surface area (Å²) >= 11 is 1.67. The molecule has 1 aliphatic rings. The van der Waals surface area contributed by atoms with Crippen LogP contribution in [0.15, 0.2) is 35.3 Å². The number of nitrogens with one attached hydrogen (secondary N) is 2. The number of carbonyl (C=O) groups excluding carboxylic acids is 1. The summed E-state index contributed by atoms with van der Waals surface area (Å²) in [6, 6.07) is 10.1. The third-order valence-electron chi connectivity index (χ3n) is 3.07. The Labute approximate surface area is 130 Å². The predicted octanol–water partition coefficient (Wildman–Crippen LogP) is 2.72. The maximum atomic E-state index is 12.1. The summed E-state index contributed by atoms with van der Waals surface area (Å²) in [6.45, 7) is 7.79. The highest BCUT2D eigenvalue weighted by Gasteiger charge is 2.24.